The van der Waals surface area contributed by atoms with Crippen molar-refractivity contribution in [3.05, 3.63) is 47.8 Å². The van der Waals surface area contributed by atoms with Crippen molar-refractivity contribution in [2.24, 2.45) is 10.8 Å². The third-order valence-electron chi connectivity index (χ3n) is 4.05. The van der Waals surface area contributed by atoms with Crippen molar-refractivity contribution < 1.29 is 4.74 Å². The van der Waals surface area contributed by atoms with E-state index in [-0.39, 0.29) is 10.8 Å². The Kier molecular flexibility index (Phi) is 4.61. The molecule has 100 valence electrons. The minimum atomic E-state index is -0.0434. The average molecular weight is 246 g/mol. The van der Waals surface area contributed by atoms with Crippen LogP contribution in [0.2, 0.25) is 0 Å². The Hall–Kier alpha value is -1.24. The molecule has 1 atom stereocenters. The molecule has 0 fully saturated rings. The first-order valence-corrected chi connectivity index (χ1v) is 6.66. The molecule has 18 heavy (non-hydrogen) atoms. The summed E-state index contributed by atoms with van der Waals surface area (Å²) in [4.78, 5) is 0. The summed E-state index contributed by atoms with van der Waals surface area (Å²) in [6.45, 7) is 11.2. The standard InChI is InChI=1S/C17H26O/c1-7-14(2)12-16(3,4)17(5)11-9-8-10-15(13-17)18-6/h8-13H,7H2,1-6H3. The number of ether oxygens (including phenoxy) is 1. The van der Waals surface area contributed by atoms with Gasteiger partial charge in [0.1, 0.15) is 5.76 Å². The maximum absolute atomic E-state index is 5.41. The summed E-state index contributed by atoms with van der Waals surface area (Å²) in [6.07, 6.45) is 14.1. The highest BCUT2D eigenvalue weighted by Crippen LogP contribution is 2.45. The van der Waals surface area contributed by atoms with E-state index in [9.17, 15) is 0 Å². The molecule has 0 saturated heterocycles. The second-order valence-electron chi connectivity index (χ2n) is 5.82. The van der Waals surface area contributed by atoms with Crippen molar-refractivity contribution in [3.8, 4) is 0 Å². The fraction of sp³-hybridized carbons (Fsp3) is 0.529. The quantitative estimate of drug-likeness (QED) is 0.632. The lowest BCUT2D eigenvalue weighted by molar-refractivity contribution is 0.247. The molecule has 1 nitrogen and oxygen atoms in total. The van der Waals surface area contributed by atoms with Crippen molar-refractivity contribution in [2.45, 2.75) is 41.0 Å². The maximum Gasteiger partial charge on any atom is 0.115 e. The van der Waals surface area contributed by atoms with Crippen molar-refractivity contribution in [1.82, 2.24) is 0 Å². The Morgan fingerprint density at radius 3 is 2.61 bits per heavy atom. The minimum Gasteiger partial charge on any atom is -0.497 e. The molecule has 1 aliphatic rings. The molecule has 0 bridgehead atoms. The zero-order valence-electron chi connectivity index (χ0n) is 12.6. The van der Waals surface area contributed by atoms with Crippen LogP contribution in [0.25, 0.3) is 0 Å². The molecule has 0 saturated carbocycles. The molecule has 0 radical (unpaired) electrons. The Balaban J connectivity index is 3.19. The first kappa shape index (κ1) is 14.8. The zero-order valence-corrected chi connectivity index (χ0v) is 12.6. The van der Waals surface area contributed by atoms with E-state index in [1.807, 2.05) is 12.2 Å². The monoisotopic (exact) mass is 246 g/mol. The first-order chi connectivity index (χ1) is 8.34. The molecular formula is C17H26O. The first-order valence-electron chi connectivity index (χ1n) is 6.66. The van der Waals surface area contributed by atoms with Crippen LogP contribution in [0, 0.1) is 10.8 Å². The molecule has 1 aliphatic carbocycles. The van der Waals surface area contributed by atoms with Gasteiger partial charge in [0.2, 0.25) is 0 Å². The molecule has 0 aromatic rings. The number of hydrogen-bond donors (Lipinski definition) is 0. The van der Waals surface area contributed by atoms with Crippen LogP contribution in [-0.2, 0) is 4.74 Å². The Morgan fingerprint density at radius 2 is 2.06 bits per heavy atom. The molecule has 0 aromatic heterocycles. The Morgan fingerprint density at radius 1 is 1.39 bits per heavy atom. The van der Waals surface area contributed by atoms with E-state index in [1.54, 1.807) is 7.11 Å². The second kappa shape index (κ2) is 5.60. The fourth-order valence-electron chi connectivity index (χ4n) is 2.20. The lowest BCUT2D eigenvalue weighted by Gasteiger charge is -2.38. The second-order valence-corrected chi connectivity index (χ2v) is 5.82. The molecule has 1 rings (SSSR count). The van der Waals surface area contributed by atoms with Crippen LogP contribution in [0.5, 0.6) is 0 Å². The third-order valence-corrected chi connectivity index (χ3v) is 4.05. The normalized spacial score (nSPS) is 24.8. The third kappa shape index (κ3) is 3.16. The van der Waals surface area contributed by atoms with Gasteiger partial charge in [-0.15, -0.1) is 0 Å². The van der Waals surface area contributed by atoms with E-state index in [0.29, 0.717) is 0 Å². The van der Waals surface area contributed by atoms with E-state index >= 15 is 0 Å². The molecule has 0 aromatic carbocycles. The zero-order chi connectivity index (χ0) is 13.8. The van der Waals surface area contributed by atoms with Gasteiger partial charge in [0.15, 0.2) is 0 Å². The molecule has 0 N–H and O–H groups in total. The summed E-state index contributed by atoms with van der Waals surface area (Å²) in [7, 11) is 1.72. The van der Waals surface area contributed by atoms with Gasteiger partial charge in [0.05, 0.1) is 7.11 Å². The minimum absolute atomic E-state index is 0.0434. The lowest BCUT2D eigenvalue weighted by atomic mass is 9.65. The topological polar surface area (TPSA) is 9.23 Å². The van der Waals surface area contributed by atoms with E-state index < -0.39 is 0 Å². The van der Waals surface area contributed by atoms with Crippen molar-refractivity contribution >= 4 is 0 Å². The summed E-state index contributed by atoms with van der Waals surface area (Å²) in [5.41, 5.74) is 1.44. The number of hydrogen-bond acceptors (Lipinski definition) is 1. The summed E-state index contributed by atoms with van der Waals surface area (Å²) in [5.74, 6) is 0.929. The van der Waals surface area contributed by atoms with Crippen LogP contribution < -0.4 is 0 Å². The Bertz CT molecular complexity index is 407. The van der Waals surface area contributed by atoms with Gasteiger partial charge in [-0.2, -0.15) is 0 Å². The number of allylic oxidation sites excluding steroid dienone is 7. The summed E-state index contributed by atoms with van der Waals surface area (Å²) in [6, 6.07) is 0. The van der Waals surface area contributed by atoms with Crippen molar-refractivity contribution in [3.63, 3.8) is 0 Å². The smallest absolute Gasteiger partial charge is 0.115 e. The highest BCUT2D eigenvalue weighted by Gasteiger charge is 2.36. The SMILES string of the molecule is CCC(C)=CC(C)(C)C1(C)C=CC=CC(OC)=C1. The molecular weight excluding hydrogens is 220 g/mol. The number of methoxy groups -OCH3 is 1. The van der Waals surface area contributed by atoms with Crippen LogP contribution in [0.1, 0.15) is 41.0 Å². The highest BCUT2D eigenvalue weighted by molar-refractivity contribution is 5.32. The predicted octanol–water partition coefficient (Wildman–Crippen LogP) is 5.03. The van der Waals surface area contributed by atoms with Gasteiger partial charge < -0.3 is 4.74 Å². The summed E-state index contributed by atoms with van der Waals surface area (Å²) in [5, 5.41) is 0. The Labute approximate surface area is 112 Å². The van der Waals surface area contributed by atoms with Crippen LogP contribution in [0.3, 0.4) is 0 Å². The van der Waals surface area contributed by atoms with Gasteiger partial charge in [-0.05, 0) is 30.9 Å². The van der Waals surface area contributed by atoms with Crippen molar-refractivity contribution in [1.29, 1.82) is 0 Å². The van der Waals surface area contributed by atoms with Gasteiger partial charge >= 0.3 is 0 Å². The lowest BCUT2D eigenvalue weighted by Crippen LogP contribution is -2.30. The van der Waals surface area contributed by atoms with Crippen LogP contribution in [0.15, 0.2) is 47.8 Å². The molecule has 0 amide bonds. The average Bonchev–Trinajstić information content (AvgIpc) is 2.51. The largest absolute Gasteiger partial charge is 0.497 e. The predicted molar refractivity (Wildman–Crippen MR) is 79.3 cm³/mol. The molecule has 1 heteroatoms. The van der Waals surface area contributed by atoms with E-state index in [2.05, 4.69) is 58.9 Å². The van der Waals surface area contributed by atoms with Gasteiger partial charge in [0.25, 0.3) is 0 Å². The van der Waals surface area contributed by atoms with Crippen molar-refractivity contribution in [2.75, 3.05) is 7.11 Å². The van der Waals surface area contributed by atoms with Gasteiger partial charge in [-0.3, -0.25) is 0 Å². The molecule has 0 aliphatic heterocycles. The van der Waals surface area contributed by atoms with Gasteiger partial charge in [-0.25, -0.2) is 0 Å². The van der Waals surface area contributed by atoms with Gasteiger partial charge in [-0.1, -0.05) is 57.6 Å². The fourth-order valence-corrected chi connectivity index (χ4v) is 2.20. The van der Waals surface area contributed by atoms with E-state index in [0.717, 1.165) is 12.2 Å². The molecule has 1 unspecified atom stereocenters. The van der Waals surface area contributed by atoms with E-state index in [1.165, 1.54) is 5.57 Å². The van der Waals surface area contributed by atoms with Crippen LogP contribution in [-0.4, -0.2) is 7.11 Å². The van der Waals surface area contributed by atoms with Gasteiger partial charge in [0, 0.05) is 5.41 Å². The molecule has 0 heterocycles. The molecule has 0 spiro atoms. The van der Waals surface area contributed by atoms with Crippen LogP contribution in [0.4, 0.5) is 0 Å². The summed E-state index contributed by atoms with van der Waals surface area (Å²) >= 11 is 0. The van der Waals surface area contributed by atoms with E-state index in [4.69, 9.17) is 4.74 Å². The summed E-state index contributed by atoms with van der Waals surface area (Å²) < 4.78 is 5.41. The van der Waals surface area contributed by atoms with Crippen LogP contribution >= 0.6 is 0 Å². The maximum atomic E-state index is 5.41. The highest BCUT2D eigenvalue weighted by atomic mass is 16.5. The number of rotatable bonds is 4.